The first-order valence-corrected chi connectivity index (χ1v) is 10.5. The van der Waals surface area contributed by atoms with E-state index in [1.807, 2.05) is 0 Å². The van der Waals surface area contributed by atoms with Gasteiger partial charge in [-0.3, -0.25) is 4.79 Å². The van der Waals surface area contributed by atoms with Gasteiger partial charge in [0.1, 0.15) is 5.02 Å². The summed E-state index contributed by atoms with van der Waals surface area (Å²) in [6.45, 7) is 7.40. The predicted molar refractivity (Wildman–Crippen MR) is 112 cm³/mol. The van der Waals surface area contributed by atoms with E-state index >= 15 is 0 Å². The number of aromatic nitrogens is 3. The van der Waals surface area contributed by atoms with Gasteiger partial charge in [-0.05, 0) is 19.9 Å². The van der Waals surface area contributed by atoms with E-state index in [9.17, 15) is 18.0 Å². The topological polar surface area (TPSA) is 63.7 Å². The summed E-state index contributed by atoms with van der Waals surface area (Å²) in [5, 5.41) is 6.32. The van der Waals surface area contributed by atoms with Gasteiger partial charge in [0.25, 0.3) is 5.91 Å². The lowest BCUT2D eigenvalue weighted by Crippen LogP contribution is -3.11. The number of halogens is 4. The Labute approximate surface area is 183 Å². The molecular weight excluding hydrogens is 431 g/mol. The van der Waals surface area contributed by atoms with Gasteiger partial charge < -0.3 is 10.2 Å². The molecular formula is C21H24ClF3N5O+. The van der Waals surface area contributed by atoms with Crippen molar-refractivity contribution in [2.24, 2.45) is 0 Å². The number of alkyl halides is 3. The number of quaternary nitrogens is 1. The third kappa shape index (κ3) is 5.16. The second-order valence-electron chi connectivity index (χ2n) is 7.10. The van der Waals surface area contributed by atoms with Crippen LogP contribution in [0, 0.1) is 0 Å². The molecule has 1 amide bonds. The molecule has 1 aromatic carbocycles. The molecule has 3 aromatic rings. The van der Waals surface area contributed by atoms with Crippen molar-refractivity contribution < 1.29 is 22.9 Å². The minimum Gasteiger partial charge on any atom is -0.350 e. The van der Waals surface area contributed by atoms with Crippen LogP contribution in [0.5, 0.6) is 0 Å². The lowest BCUT2D eigenvalue weighted by molar-refractivity contribution is -0.896. The molecule has 0 atom stereocenters. The molecule has 0 aliphatic carbocycles. The number of nitrogens with one attached hydrogen (secondary N) is 2. The zero-order chi connectivity index (χ0) is 22.6. The van der Waals surface area contributed by atoms with Gasteiger partial charge in [0.05, 0.1) is 25.3 Å². The summed E-state index contributed by atoms with van der Waals surface area (Å²) in [6, 6.07) is 9.35. The van der Waals surface area contributed by atoms with Crippen LogP contribution in [-0.4, -0.2) is 46.7 Å². The molecule has 31 heavy (non-hydrogen) atoms. The third-order valence-electron chi connectivity index (χ3n) is 5.10. The van der Waals surface area contributed by atoms with Gasteiger partial charge in [-0.1, -0.05) is 41.9 Å². The molecule has 166 valence electrons. The Morgan fingerprint density at radius 2 is 1.87 bits per heavy atom. The summed E-state index contributed by atoms with van der Waals surface area (Å²) >= 11 is 6.26. The molecule has 0 bridgehead atoms. The SMILES string of the molecule is CC[NH+](CC)CCCNC(=O)c1nn2c(C(F)(F)F)cc(-c3ccccc3)nc2c1Cl. The Morgan fingerprint density at radius 1 is 1.19 bits per heavy atom. The van der Waals surface area contributed by atoms with Gasteiger partial charge in [0.2, 0.25) is 0 Å². The van der Waals surface area contributed by atoms with Crippen LogP contribution in [0.25, 0.3) is 16.9 Å². The summed E-state index contributed by atoms with van der Waals surface area (Å²) < 4.78 is 41.7. The monoisotopic (exact) mass is 454 g/mol. The van der Waals surface area contributed by atoms with E-state index in [-0.39, 0.29) is 22.1 Å². The lowest BCUT2D eigenvalue weighted by Gasteiger charge is -2.14. The van der Waals surface area contributed by atoms with Crippen LogP contribution in [0.4, 0.5) is 13.2 Å². The molecule has 0 fully saturated rings. The average molecular weight is 455 g/mol. The van der Waals surface area contributed by atoms with E-state index in [0.717, 1.165) is 32.1 Å². The number of nitrogens with zero attached hydrogens (tertiary/aromatic N) is 3. The first-order chi connectivity index (χ1) is 14.8. The fourth-order valence-electron chi connectivity index (χ4n) is 3.32. The van der Waals surface area contributed by atoms with Crippen LogP contribution >= 0.6 is 11.6 Å². The standard InChI is InChI=1S/C21H23ClF3N5O/c1-3-29(4-2)12-8-11-26-20(31)18-17(22)19-27-15(14-9-6-5-7-10-14)13-16(21(23,24)25)30(19)28-18/h5-7,9-10,13H,3-4,8,11-12H2,1-2H3,(H,26,31)/p+1. The molecule has 0 unspecified atom stereocenters. The van der Waals surface area contributed by atoms with Crippen LogP contribution in [0.1, 0.15) is 36.5 Å². The van der Waals surface area contributed by atoms with Crippen molar-refractivity contribution in [3.63, 3.8) is 0 Å². The fourth-order valence-corrected chi connectivity index (χ4v) is 3.57. The second-order valence-corrected chi connectivity index (χ2v) is 7.48. The average Bonchev–Trinajstić information content (AvgIpc) is 3.09. The van der Waals surface area contributed by atoms with E-state index < -0.39 is 17.8 Å². The Bertz CT molecular complexity index is 1050. The van der Waals surface area contributed by atoms with Crippen LogP contribution in [0.2, 0.25) is 5.02 Å². The first kappa shape index (κ1) is 23.0. The van der Waals surface area contributed by atoms with E-state index in [1.165, 1.54) is 4.90 Å². The Balaban J connectivity index is 1.92. The maximum atomic E-state index is 13.7. The number of fused-ring (bicyclic) bond motifs is 1. The van der Waals surface area contributed by atoms with Crippen molar-refractivity contribution in [1.82, 2.24) is 19.9 Å². The van der Waals surface area contributed by atoms with Gasteiger partial charge in [-0.15, -0.1) is 0 Å². The van der Waals surface area contributed by atoms with Gasteiger partial charge in [0, 0.05) is 18.5 Å². The van der Waals surface area contributed by atoms with Crippen LogP contribution in [0.15, 0.2) is 36.4 Å². The molecule has 10 heteroatoms. The molecule has 0 radical (unpaired) electrons. The summed E-state index contributed by atoms with van der Waals surface area (Å²) in [7, 11) is 0. The minimum absolute atomic E-state index is 0.0939. The summed E-state index contributed by atoms with van der Waals surface area (Å²) in [5.41, 5.74) is -0.954. The van der Waals surface area contributed by atoms with Crippen LogP contribution in [0.3, 0.4) is 0 Å². The highest BCUT2D eigenvalue weighted by atomic mass is 35.5. The predicted octanol–water partition coefficient (Wildman–Crippen LogP) is 3.11. The number of carbonyl (C=O) groups is 1. The zero-order valence-electron chi connectivity index (χ0n) is 17.3. The molecule has 3 rings (SSSR count). The summed E-state index contributed by atoms with van der Waals surface area (Å²) in [6.07, 6.45) is -3.97. The molecule has 0 spiro atoms. The lowest BCUT2D eigenvalue weighted by atomic mass is 10.1. The molecule has 0 aliphatic heterocycles. The van der Waals surface area contributed by atoms with Gasteiger partial charge in [-0.2, -0.15) is 18.3 Å². The van der Waals surface area contributed by atoms with Gasteiger partial charge >= 0.3 is 6.18 Å². The molecule has 6 nitrogen and oxygen atoms in total. The van der Waals surface area contributed by atoms with Crippen molar-refractivity contribution in [2.45, 2.75) is 26.4 Å². The maximum absolute atomic E-state index is 13.7. The minimum atomic E-state index is -4.71. The highest BCUT2D eigenvalue weighted by Gasteiger charge is 2.36. The Kier molecular flexibility index (Phi) is 7.17. The highest BCUT2D eigenvalue weighted by Crippen LogP contribution is 2.34. The Hall–Kier alpha value is -2.65. The molecule has 0 aliphatic rings. The molecule has 2 N–H and O–H groups in total. The summed E-state index contributed by atoms with van der Waals surface area (Å²) in [4.78, 5) is 18.2. The smallest absolute Gasteiger partial charge is 0.350 e. The second kappa shape index (κ2) is 9.65. The van der Waals surface area contributed by atoms with Crippen molar-refractivity contribution in [3.8, 4) is 11.3 Å². The van der Waals surface area contributed by atoms with Crippen molar-refractivity contribution in [1.29, 1.82) is 0 Å². The quantitative estimate of drug-likeness (QED) is 0.514. The molecule has 2 aromatic heterocycles. The number of hydrogen-bond acceptors (Lipinski definition) is 3. The van der Waals surface area contributed by atoms with Crippen molar-refractivity contribution in [3.05, 3.63) is 52.8 Å². The largest absolute Gasteiger partial charge is 0.433 e. The fraction of sp³-hybridized carbons (Fsp3) is 0.381. The number of rotatable bonds is 8. The van der Waals surface area contributed by atoms with Crippen LogP contribution < -0.4 is 10.2 Å². The van der Waals surface area contributed by atoms with Gasteiger partial charge in [-0.25, -0.2) is 9.50 Å². The maximum Gasteiger partial charge on any atom is 0.433 e. The normalized spacial score (nSPS) is 12.0. The first-order valence-electron chi connectivity index (χ1n) is 10.1. The van der Waals surface area contributed by atoms with Crippen LogP contribution in [-0.2, 0) is 6.18 Å². The number of hydrogen-bond donors (Lipinski definition) is 2. The Morgan fingerprint density at radius 3 is 2.48 bits per heavy atom. The van der Waals surface area contributed by atoms with E-state index in [1.54, 1.807) is 30.3 Å². The third-order valence-corrected chi connectivity index (χ3v) is 5.45. The molecule has 2 heterocycles. The highest BCUT2D eigenvalue weighted by molar-refractivity contribution is 6.36. The number of amides is 1. The van der Waals surface area contributed by atoms with E-state index in [4.69, 9.17) is 11.6 Å². The van der Waals surface area contributed by atoms with E-state index in [0.29, 0.717) is 16.6 Å². The molecule has 0 saturated carbocycles. The summed E-state index contributed by atoms with van der Waals surface area (Å²) in [5.74, 6) is -0.626. The van der Waals surface area contributed by atoms with Crippen molar-refractivity contribution >= 4 is 23.2 Å². The molecule has 0 saturated heterocycles. The number of benzene rings is 1. The van der Waals surface area contributed by atoms with Crippen molar-refractivity contribution in [2.75, 3.05) is 26.2 Å². The van der Waals surface area contributed by atoms with E-state index in [2.05, 4.69) is 29.2 Å². The van der Waals surface area contributed by atoms with Gasteiger partial charge in [0.15, 0.2) is 17.0 Å². The number of carbonyl (C=O) groups excluding carboxylic acids is 1. The zero-order valence-corrected chi connectivity index (χ0v) is 18.0.